The van der Waals surface area contributed by atoms with Crippen LogP contribution in [0.2, 0.25) is 0 Å². The smallest absolute Gasteiger partial charge is 0.384 e. The molecule has 0 heterocycles. The van der Waals surface area contributed by atoms with Crippen LogP contribution in [0.4, 0.5) is 16.2 Å². The minimum Gasteiger partial charge on any atom is -0.456 e. The molecule has 0 aliphatic carbocycles. The average Bonchev–Trinajstić information content (AvgIpc) is 2.73. The molecule has 0 fully saturated rings. The number of nitrogens with one attached hydrogen (secondary N) is 2. The van der Waals surface area contributed by atoms with Crippen LogP contribution in [0.5, 0.6) is 0 Å². The number of urea groups is 1. The molecule has 0 unspecified atom stereocenters. The van der Waals surface area contributed by atoms with E-state index in [1.165, 1.54) is 0 Å². The van der Waals surface area contributed by atoms with Gasteiger partial charge in [-0.15, -0.1) is 0 Å². The summed E-state index contributed by atoms with van der Waals surface area (Å²) in [7, 11) is 0. The summed E-state index contributed by atoms with van der Waals surface area (Å²) in [6.07, 6.45) is 0. The van der Waals surface area contributed by atoms with Crippen LogP contribution < -0.4 is 10.6 Å². The molecule has 7 nitrogen and oxygen atoms in total. The number of ether oxygens (including phenoxy) is 2. The van der Waals surface area contributed by atoms with Crippen LogP contribution in [-0.2, 0) is 19.1 Å². The van der Waals surface area contributed by atoms with Crippen LogP contribution in [0.15, 0.2) is 48.5 Å². The monoisotopic (exact) mass is 404 g/mol. The highest BCUT2D eigenvalue weighted by atomic mass is 16.5. The fraction of sp³-hybridized carbons (Fsp3) is 0.174. The number of rotatable bonds is 4. The highest BCUT2D eigenvalue weighted by Gasteiger charge is 2.08. The number of anilines is 2. The van der Waals surface area contributed by atoms with Gasteiger partial charge in [0.25, 0.3) is 0 Å². The van der Waals surface area contributed by atoms with Gasteiger partial charge in [-0.2, -0.15) is 0 Å². The Kier molecular flexibility index (Phi) is 8.51. The first-order valence-electron chi connectivity index (χ1n) is 9.17. The summed E-state index contributed by atoms with van der Waals surface area (Å²) in [5, 5.41) is 5.37. The zero-order valence-corrected chi connectivity index (χ0v) is 16.6. The first kappa shape index (κ1) is 22.1. The van der Waals surface area contributed by atoms with E-state index in [0.29, 0.717) is 22.5 Å². The number of carbonyl (C=O) groups excluding carboxylic acids is 3. The van der Waals surface area contributed by atoms with E-state index in [2.05, 4.69) is 34.3 Å². The normalized spacial score (nSPS) is 9.13. The number of carbonyl (C=O) groups is 3. The van der Waals surface area contributed by atoms with Crippen molar-refractivity contribution in [3.8, 4) is 23.7 Å². The van der Waals surface area contributed by atoms with Crippen molar-refractivity contribution in [2.24, 2.45) is 0 Å². The predicted octanol–water partition coefficient (Wildman–Crippen LogP) is 3.16. The molecule has 7 heteroatoms. The molecule has 0 aliphatic heterocycles. The second kappa shape index (κ2) is 11.6. The van der Waals surface area contributed by atoms with E-state index in [0.717, 1.165) is 0 Å². The summed E-state index contributed by atoms with van der Waals surface area (Å²) < 4.78 is 9.55. The Morgan fingerprint density at radius 2 is 1.13 bits per heavy atom. The molecule has 2 aromatic carbocycles. The Balaban J connectivity index is 2.14. The lowest BCUT2D eigenvalue weighted by molar-refractivity contribution is -0.137. The van der Waals surface area contributed by atoms with Gasteiger partial charge in [-0.05, 0) is 38.1 Å². The Morgan fingerprint density at radius 1 is 0.733 bits per heavy atom. The number of hydrogen-bond donors (Lipinski definition) is 2. The van der Waals surface area contributed by atoms with Gasteiger partial charge in [-0.3, -0.25) is 0 Å². The van der Waals surface area contributed by atoms with E-state index >= 15 is 0 Å². The van der Waals surface area contributed by atoms with E-state index < -0.39 is 18.0 Å². The molecule has 0 saturated heterocycles. The van der Waals surface area contributed by atoms with E-state index in [9.17, 15) is 14.4 Å². The molecule has 2 rings (SSSR count). The summed E-state index contributed by atoms with van der Waals surface area (Å²) in [5.74, 6) is 8.80. The summed E-state index contributed by atoms with van der Waals surface area (Å²) >= 11 is 0. The minimum absolute atomic E-state index is 0.230. The number of hydrogen-bond acceptors (Lipinski definition) is 5. The summed E-state index contributed by atoms with van der Waals surface area (Å²) in [6.45, 7) is 3.84. The molecular weight excluding hydrogens is 384 g/mol. The maximum absolute atomic E-state index is 12.5. The second-order valence-corrected chi connectivity index (χ2v) is 5.61. The number of amides is 2. The quantitative estimate of drug-likeness (QED) is 0.603. The summed E-state index contributed by atoms with van der Waals surface area (Å²) in [5.41, 5.74) is 1.75. The van der Waals surface area contributed by atoms with Crippen molar-refractivity contribution in [1.29, 1.82) is 0 Å². The van der Waals surface area contributed by atoms with Crippen molar-refractivity contribution < 1.29 is 23.9 Å². The van der Waals surface area contributed by atoms with Gasteiger partial charge >= 0.3 is 18.0 Å². The highest BCUT2D eigenvalue weighted by molar-refractivity contribution is 6.02. The predicted molar refractivity (Wildman–Crippen MR) is 113 cm³/mol. The van der Waals surface area contributed by atoms with Crippen LogP contribution >= 0.6 is 0 Å². The van der Waals surface area contributed by atoms with Crippen molar-refractivity contribution in [2.75, 3.05) is 23.8 Å². The van der Waals surface area contributed by atoms with Crippen LogP contribution in [0.3, 0.4) is 0 Å². The van der Waals surface area contributed by atoms with Crippen molar-refractivity contribution in [1.82, 2.24) is 0 Å². The molecule has 0 aliphatic rings. The van der Waals surface area contributed by atoms with Crippen LogP contribution in [0, 0.1) is 23.7 Å². The topological polar surface area (TPSA) is 93.7 Å². The van der Waals surface area contributed by atoms with E-state index in [1.54, 1.807) is 62.4 Å². The Labute approximate surface area is 174 Å². The fourth-order valence-electron chi connectivity index (χ4n) is 2.25. The molecule has 0 bridgehead atoms. The number of benzene rings is 2. The van der Waals surface area contributed by atoms with Crippen molar-refractivity contribution >= 4 is 29.3 Å². The second-order valence-electron chi connectivity index (χ2n) is 5.61. The highest BCUT2D eigenvalue weighted by Crippen LogP contribution is 2.17. The van der Waals surface area contributed by atoms with Crippen LogP contribution in [-0.4, -0.2) is 31.2 Å². The van der Waals surface area contributed by atoms with Gasteiger partial charge < -0.3 is 20.1 Å². The Bertz CT molecular complexity index is 971. The van der Waals surface area contributed by atoms with Crippen molar-refractivity contribution in [3.05, 3.63) is 59.7 Å². The van der Waals surface area contributed by atoms with Gasteiger partial charge in [-0.25, -0.2) is 14.4 Å². The zero-order valence-electron chi connectivity index (χ0n) is 16.6. The van der Waals surface area contributed by atoms with Gasteiger partial charge in [0.2, 0.25) is 0 Å². The third-order valence-corrected chi connectivity index (χ3v) is 3.50. The summed E-state index contributed by atoms with van der Waals surface area (Å²) in [6, 6.07) is 13.0. The number of esters is 2. The molecule has 0 aromatic heterocycles. The zero-order chi connectivity index (χ0) is 21.8. The lowest BCUT2D eigenvalue weighted by Crippen LogP contribution is -2.20. The summed E-state index contributed by atoms with van der Waals surface area (Å²) in [4.78, 5) is 35.3. The van der Waals surface area contributed by atoms with Gasteiger partial charge in [0, 0.05) is 23.0 Å². The Hall–Kier alpha value is -4.23. The molecule has 2 N–H and O–H groups in total. The fourth-order valence-corrected chi connectivity index (χ4v) is 2.25. The van der Waals surface area contributed by atoms with Crippen LogP contribution in [0.1, 0.15) is 25.0 Å². The van der Waals surface area contributed by atoms with Gasteiger partial charge in [0.1, 0.15) is 0 Å². The van der Waals surface area contributed by atoms with E-state index in [4.69, 9.17) is 9.47 Å². The number of para-hydroxylation sites is 2. The maximum Gasteiger partial charge on any atom is 0.384 e. The molecule has 0 spiro atoms. The van der Waals surface area contributed by atoms with E-state index in [1.807, 2.05) is 0 Å². The Morgan fingerprint density at radius 3 is 1.53 bits per heavy atom. The molecular formula is C23H20N2O5. The first-order valence-corrected chi connectivity index (χ1v) is 9.17. The van der Waals surface area contributed by atoms with Crippen molar-refractivity contribution in [3.63, 3.8) is 0 Å². The van der Waals surface area contributed by atoms with Gasteiger partial charge in [0.05, 0.1) is 24.6 Å². The van der Waals surface area contributed by atoms with Crippen molar-refractivity contribution in [2.45, 2.75) is 13.8 Å². The van der Waals surface area contributed by atoms with Crippen LogP contribution in [0.25, 0.3) is 0 Å². The molecule has 2 amide bonds. The third kappa shape index (κ3) is 7.06. The lowest BCUT2D eigenvalue weighted by Gasteiger charge is -2.10. The average molecular weight is 404 g/mol. The minimum atomic E-state index is -0.647. The lowest BCUT2D eigenvalue weighted by atomic mass is 10.1. The maximum atomic E-state index is 12.5. The first-order chi connectivity index (χ1) is 14.5. The molecule has 0 saturated carbocycles. The third-order valence-electron chi connectivity index (χ3n) is 3.50. The molecule has 0 radical (unpaired) electrons. The SMILES string of the molecule is CCOC(=O)C#Cc1ccccc1NC(=O)Nc1ccccc1C#CC(=O)OCC. The molecule has 0 atom stereocenters. The van der Waals surface area contributed by atoms with Gasteiger partial charge in [0.15, 0.2) is 0 Å². The molecule has 30 heavy (non-hydrogen) atoms. The molecule has 152 valence electrons. The van der Waals surface area contributed by atoms with E-state index in [-0.39, 0.29) is 13.2 Å². The standard InChI is InChI=1S/C23H20N2O5/c1-3-29-21(26)15-13-17-9-5-7-11-19(17)24-23(28)25-20-12-8-6-10-18(20)14-16-22(27)30-4-2/h5-12H,3-4H2,1-2H3,(H2,24,25,28). The van der Waals surface area contributed by atoms with Gasteiger partial charge in [-0.1, -0.05) is 36.1 Å². The molecule has 2 aromatic rings. The largest absolute Gasteiger partial charge is 0.456 e.